The van der Waals surface area contributed by atoms with E-state index in [2.05, 4.69) is 10.6 Å². The third kappa shape index (κ3) is 6.11. The van der Waals surface area contributed by atoms with Crippen LogP contribution in [0.3, 0.4) is 0 Å². The Morgan fingerprint density at radius 1 is 0.971 bits per heavy atom. The van der Waals surface area contributed by atoms with Gasteiger partial charge in [0.25, 0.3) is 5.91 Å². The average Bonchev–Trinajstić information content (AvgIpc) is 3.09. The Bertz CT molecular complexity index is 1160. The maximum absolute atomic E-state index is 13.1. The molecule has 1 atom stereocenters. The normalized spacial score (nSPS) is 13.5. The van der Waals surface area contributed by atoms with Crippen molar-refractivity contribution in [2.45, 2.75) is 31.2 Å². The molecule has 176 valence electrons. The summed E-state index contributed by atoms with van der Waals surface area (Å²) in [5.74, 6) is 1.32. The predicted octanol–water partition coefficient (Wildman–Crippen LogP) is 5.38. The van der Waals surface area contributed by atoms with E-state index in [0.717, 1.165) is 33.9 Å². The van der Waals surface area contributed by atoms with E-state index in [9.17, 15) is 9.59 Å². The Morgan fingerprint density at radius 2 is 1.71 bits per heavy atom. The summed E-state index contributed by atoms with van der Waals surface area (Å²) >= 11 is 1.34. The van der Waals surface area contributed by atoms with Gasteiger partial charge in [0, 0.05) is 17.0 Å². The first-order chi connectivity index (χ1) is 16.5. The van der Waals surface area contributed by atoms with Crippen LogP contribution in [-0.4, -0.2) is 30.8 Å². The zero-order valence-corrected chi connectivity index (χ0v) is 20.1. The van der Waals surface area contributed by atoms with Gasteiger partial charge in [0.2, 0.25) is 5.91 Å². The van der Waals surface area contributed by atoms with Crippen LogP contribution < -0.4 is 20.1 Å². The van der Waals surface area contributed by atoms with Crippen LogP contribution in [0.15, 0.2) is 71.6 Å². The van der Waals surface area contributed by atoms with Crippen molar-refractivity contribution in [3.05, 3.63) is 83.4 Å². The molecule has 0 spiro atoms. The molecule has 0 aliphatic carbocycles. The largest absolute Gasteiger partial charge is 0.490 e. The fourth-order valence-electron chi connectivity index (χ4n) is 3.56. The second kappa shape index (κ2) is 11.1. The lowest BCUT2D eigenvalue weighted by Crippen LogP contribution is -2.27. The van der Waals surface area contributed by atoms with Gasteiger partial charge in [-0.2, -0.15) is 0 Å². The summed E-state index contributed by atoms with van der Waals surface area (Å²) in [6.45, 7) is 5.18. The van der Waals surface area contributed by atoms with Crippen molar-refractivity contribution < 1.29 is 19.1 Å². The van der Waals surface area contributed by atoms with E-state index < -0.39 is 0 Å². The molecule has 0 radical (unpaired) electrons. The van der Waals surface area contributed by atoms with Crippen molar-refractivity contribution in [3.63, 3.8) is 0 Å². The van der Waals surface area contributed by atoms with Gasteiger partial charge in [-0.3, -0.25) is 9.59 Å². The molecule has 6 nitrogen and oxygen atoms in total. The lowest BCUT2D eigenvalue weighted by Gasteiger charge is -2.17. The number of amides is 2. The fourth-order valence-corrected chi connectivity index (χ4v) is 4.41. The van der Waals surface area contributed by atoms with Gasteiger partial charge >= 0.3 is 0 Å². The van der Waals surface area contributed by atoms with Gasteiger partial charge in [-0.25, -0.2) is 0 Å². The van der Waals surface area contributed by atoms with Crippen LogP contribution >= 0.6 is 11.8 Å². The van der Waals surface area contributed by atoms with Gasteiger partial charge in [0.05, 0.1) is 30.6 Å². The van der Waals surface area contributed by atoms with Gasteiger partial charge in [-0.15, -0.1) is 11.8 Å². The zero-order valence-electron chi connectivity index (χ0n) is 19.3. The molecule has 1 aliphatic rings. The van der Waals surface area contributed by atoms with Crippen LogP contribution in [0.4, 0.5) is 5.69 Å². The minimum absolute atomic E-state index is 0.121. The van der Waals surface area contributed by atoms with Crippen LogP contribution in [0, 0.1) is 6.92 Å². The number of benzene rings is 3. The maximum Gasteiger partial charge on any atom is 0.252 e. The number of hydrogen-bond acceptors (Lipinski definition) is 5. The molecular weight excluding hydrogens is 448 g/mol. The van der Waals surface area contributed by atoms with Crippen molar-refractivity contribution in [2.24, 2.45) is 0 Å². The number of aryl methyl sites for hydroxylation is 1. The second-order valence-corrected chi connectivity index (χ2v) is 9.17. The highest BCUT2D eigenvalue weighted by Crippen LogP contribution is 2.32. The molecule has 0 saturated heterocycles. The zero-order chi connectivity index (χ0) is 23.9. The summed E-state index contributed by atoms with van der Waals surface area (Å²) in [6, 6.07) is 20.5. The van der Waals surface area contributed by atoms with Crippen LogP contribution in [0.25, 0.3) is 0 Å². The van der Waals surface area contributed by atoms with Crippen molar-refractivity contribution in [1.29, 1.82) is 0 Å². The number of nitrogens with one attached hydrogen (secondary N) is 2. The van der Waals surface area contributed by atoms with E-state index in [1.165, 1.54) is 11.8 Å². The highest BCUT2D eigenvalue weighted by atomic mass is 32.2. The number of rotatable bonds is 7. The molecule has 1 heterocycles. The van der Waals surface area contributed by atoms with Crippen LogP contribution in [0.1, 0.15) is 40.9 Å². The first kappa shape index (κ1) is 23.7. The van der Waals surface area contributed by atoms with Crippen LogP contribution in [-0.2, 0) is 4.79 Å². The Morgan fingerprint density at radius 3 is 2.50 bits per heavy atom. The summed E-state index contributed by atoms with van der Waals surface area (Å²) in [4.78, 5) is 26.2. The number of anilines is 1. The highest BCUT2D eigenvalue weighted by Gasteiger charge is 2.18. The molecule has 2 N–H and O–H groups in total. The van der Waals surface area contributed by atoms with Gasteiger partial charge in [0.1, 0.15) is 0 Å². The SMILES string of the molecule is Cc1ccc(NC(=O)CSc2ccccc2C(=O)NC(C)c2ccc3c(c2)OCCCO3)cc1. The molecule has 0 aromatic heterocycles. The second-order valence-electron chi connectivity index (χ2n) is 8.15. The van der Waals surface area contributed by atoms with Crippen molar-refractivity contribution in [3.8, 4) is 11.5 Å². The van der Waals surface area contributed by atoms with Crippen molar-refractivity contribution in [2.75, 3.05) is 24.3 Å². The number of ether oxygens (including phenoxy) is 2. The smallest absolute Gasteiger partial charge is 0.252 e. The van der Waals surface area contributed by atoms with Crippen LogP contribution in [0.2, 0.25) is 0 Å². The van der Waals surface area contributed by atoms with Crippen molar-refractivity contribution >= 4 is 29.3 Å². The Hall–Kier alpha value is -3.45. The fraction of sp³-hybridized carbons (Fsp3) is 0.259. The molecule has 2 amide bonds. The summed E-state index contributed by atoms with van der Waals surface area (Å²) in [5.41, 5.74) is 3.36. The minimum atomic E-state index is -0.229. The quantitative estimate of drug-likeness (QED) is 0.448. The number of carbonyl (C=O) groups is 2. The minimum Gasteiger partial charge on any atom is -0.490 e. The van der Waals surface area contributed by atoms with Gasteiger partial charge in [-0.1, -0.05) is 35.9 Å². The molecule has 1 aliphatic heterocycles. The lowest BCUT2D eigenvalue weighted by atomic mass is 10.1. The number of carbonyl (C=O) groups excluding carboxylic acids is 2. The molecule has 0 fully saturated rings. The van der Waals surface area contributed by atoms with Gasteiger partial charge in [0.15, 0.2) is 11.5 Å². The predicted molar refractivity (Wildman–Crippen MR) is 135 cm³/mol. The lowest BCUT2D eigenvalue weighted by molar-refractivity contribution is -0.113. The first-order valence-corrected chi connectivity index (χ1v) is 12.3. The molecule has 0 saturated carbocycles. The highest BCUT2D eigenvalue weighted by molar-refractivity contribution is 8.00. The summed E-state index contributed by atoms with van der Waals surface area (Å²) < 4.78 is 11.5. The van der Waals surface area contributed by atoms with Crippen LogP contribution in [0.5, 0.6) is 11.5 Å². The van der Waals surface area contributed by atoms with E-state index in [1.807, 2.05) is 74.5 Å². The molecule has 34 heavy (non-hydrogen) atoms. The molecule has 3 aromatic carbocycles. The number of hydrogen-bond donors (Lipinski definition) is 2. The number of fused-ring (bicyclic) bond motifs is 1. The standard InChI is InChI=1S/C27H28N2O4S/c1-18-8-11-21(12-9-18)29-26(30)17-34-25-7-4-3-6-22(25)27(31)28-19(2)20-10-13-23-24(16-20)33-15-5-14-32-23/h3-4,6-13,16,19H,5,14-15,17H2,1-2H3,(H,28,31)(H,29,30). The molecular formula is C27H28N2O4S. The third-order valence-electron chi connectivity index (χ3n) is 5.44. The van der Waals surface area contributed by atoms with Gasteiger partial charge < -0.3 is 20.1 Å². The Balaban J connectivity index is 1.38. The van der Waals surface area contributed by atoms with E-state index in [4.69, 9.17) is 9.47 Å². The Kier molecular flexibility index (Phi) is 7.75. The average molecular weight is 477 g/mol. The van der Waals surface area contributed by atoms with E-state index >= 15 is 0 Å². The topological polar surface area (TPSA) is 76.7 Å². The molecule has 1 unspecified atom stereocenters. The summed E-state index contributed by atoms with van der Waals surface area (Å²) in [5, 5.41) is 5.95. The van der Waals surface area contributed by atoms with E-state index in [-0.39, 0.29) is 23.6 Å². The van der Waals surface area contributed by atoms with Crippen molar-refractivity contribution in [1.82, 2.24) is 5.32 Å². The monoisotopic (exact) mass is 476 g/mol. The Labute approximate surface area is 204 Å². The maximum atomic E-state index is 13.1. The molecule has 3 aromatic rings. The third-order valence-corrected chi connectivity index (χ3v) is 6.52. The summed E-state index contributed by atoms with van der Waals surface area (Å²) in [6.07, 6.45) is 0.841. The van der Waals surface area contributed by atoms with E-state index in [0.29, 0.717) is 24.5 Å². The van der Waals surface area contributed by atoms with E-state index in [1.54, 1.807) is 6.07 Å². The molecule has 4 rings (SSSR count). The summed E-state index contributed by atoms with van der Waals surface area (Å²) in [7, 11) is 0. The molecule has 0 bridgehead atoms. The van der Waals surface area contributed by atoms with Gasteiger partial charge in [-0.05, 0) is 55.8 Å². The number of thioether (sulfide) groups is 1. The molecule has 7 heteroatoms. The first-order valence-electron chi connectivity index (χ1n) is 11.3.